The van der Waals surface area contributed by atoms with E-state index >= 15 is 0 Å². The Morgan fingerprint density at radius 2 is 1.09 bits per heavy atom. The van der Waals surface area contributed by atoms with Gasteiger partial charge in [0.2, 0.25) is 0 Å². The van der Waals surface area contributed by atoms with E-state index < -0.39 is 6.17 Å². The molecule has 0 aliphatic carbocycles. The number of benzene rings is 8. The van der Waals surface area contributed by atoms with Crippen molar-refractivity contribution in [3.8, 4) is 27.9 Å². The molecule has 0 saturated heterocycles. The number of furan rings is 1. The van der Waals surface area contributed by atoms with E-state index in [1.807, 2.05) is 18.2 Å². The number of rotatable bonds is 6. The first-order valence-corrected chi connectivity index (χ1v) is 19.1. The van der Waals surface area contributed by atoms with Gasteiger partial charge in [0.05, 0.1) is 16.7 Å². The summed E-state index contributed by atoms with van der Waals surface area (Å²) in [5.74, 6) is 0.818. The summed E-state index contributed by atoms with van der Waals surface area (Å²) >= 11 is 0. The molecule has 0 amide bonds. The van der Waals surface area contributed by atoms with Gasteiger partial charge in [-0.2, -0.15) is 0 Å². The summed E-state index contributed by atoms with van der Waals surface area (Å²) in [4.78, 5) is 5.32. The molecule has 1 N–H and O–H groups in total. The number of aromatic nitrogens is 1. The third kappa shape index (κ3) is 5.40. The molecule has 2 aromatic heterocycles. The fourth-order valence-corrected chi connectivity index (χ4v) is 8.33. The smallest absolute Gasteiger partial charge is 0.159 e. The summed E-state index contributed by atoms with van der Waals surface area (Å²) in [5, 5.41) is 13.5. The summed E-state index contributed by atoms with van der Waals surface area (Å²) in [6, 6.07) is 68.2. The molecule has 8 aromatic carbocycles. The van der Waals surface area contributed by atoms with Gasteiger partial charge in [0, 0.05) is 32.7 Å². The number of nitrogens with one attached hydrogen (secondary N) is 1. The lowest BCUT2D eigenvalue weighted by molar-refractivity contribution is 0.631. The average Bonchev–Trinajstić information content (AvgIpc) is 3.83. The van der Waals surface area contributed by atoms with E-state index in [4.69, 9.17) is 14.7 Å². The molecule has 56 heavy (non-hydrogen) atoms. The van der Waals surface area contributed by atoms with Crippen molar-refractivity contribution in [3.63, 3.8) is 0 Å². The van der Waals surface area contributed by atoms with Crippen molar-refractivity contribution in [2.75, 3.05) is 0 Å². The van der Waals surface area contributed by atoms with Gasteiger partial charge in [0.15, 0.2) is 5.58 Å². The van der Waals surface area contributed by atoms with Crippen LogP contribution in [0.1, 0.15) is 29.0 Å². The summed E-state index contributed by atoms with van der Waals surface area (Å²) in [7, 11) is 0. The lowest BCUT2D eigenvalue weighted by Crippen LogP contribution is -2.34. The number of hydrogen-bond donors (Lipinski definition) is 1. The first-order valence-electron chi connectivity index (χ1n) is 19.1. The highest BCUT2D eigenvalue weighted by Crippen LogP contribution is 2.43. The molecule has 266 valence electrons. The van der Waals surface area contributed by atoms with Crippen molar-refractivity contribution in [3.05, 3.63) is 216 Å². The second-order valence-electron chi connectivity index (χ2n) is 14.3. The predicted molar refractivity (Wildman–Crippen MR) is 230 cm³/mol. The van der Waals surface area contributed by atoms with Gasteiger partial charge in [0.1, 0.15) is 11.4 Å². The molecule has 11 rings (SSSR count). The van der Waals surface area contributed by atoms with Gasteiger partial charge in [-0.05, 0) is 64.4 Å². The van der Waals surface area contributed by atoms with Crippen LogP contribution in [-0.2, 0) is 0 Å². The Balaban J connectivity index is 1.09. The molecule has 5 heteroatoms. The molecule has 2 unspecified atom stereocenters. The lowest BCUT2D eigenvalue weighted by Gasteiger charge is -2.44. The van der Waals surface area contributed by atoms with Crippen LogP contribution < -0.4 is 5.32 Å². The highest BCUT2D eigenvalue weighted by molar-refractivity contribution is 6.14. The molecule has 5 nitrogen and oxygen atoms in total. The Hall–Kier alpha value is -7.21. The first kappa shape index (κ1) is 32.2. The third-order valence-electron chi connectivity index (χ3n) is 11.0. The Morgan fingerprint density at radius 1 is 0.464 bits per heavy atom. The maximum atomic E-state index is 6.94. The first-order chi connectivity index (χ1) is 27.8. The van der Waals surface area contributed by atoms with Crippen LogP contribution >= 0.6 is 0 Å². The summed E-state index contributed by atoms with van der Waals surface area (Å²) in [6.45, 7) is 0. The van der Waals surface area contributed by atoms with Crippen LogP contribution in [0.25, 0.3) is 77.0 Å². The van der Waals surface area contributed by atoms with E-state index in [-0.39, 0.29) is 6.17 Å². The number of para-hydroxylation sites is 3. The van der Waals surface area contributed by atoms with Gasteiger partial charge in [-0.1, -0.05) is 170 Å². The third-order valence-corrected chi connectivity index (χ3v) is 11.0. The molecule has 0 bridgehead atoms. The minimum absolute atomic E-state index is 0.279. The molecule has 1 aliphatic rings. The van der Waals surface area contributed by atoms with Crippen molar-refractivity contribution in [2.24, 2.45) is 4.99 Å². The van der Waals surface area contributed by atoms with E-state index in [9.17, 15) is 0 Å². The minimum atomic E-state index is -0.442. The van der Waals surface area contributed by atoms with Crippen LogP contribution in [0, 0.1) is 0 Å². The largest absolute Gasteiger partial charge is 0.613 e. The SMILES string of the molecule is c1ccc(-c2cccc(C3=NC(c4ccc5c6ccccc6n(-c6cccc7c6oc6c(-c8ccccc8)cccc67)c5c4)[N-]C(c4ccccc4)N3)c2)cc1. The van der Waals surface area contributed by atoms with E-state index in [1.54, 1.807) is 0 Å². The number of nitrogens with zero attached hydrogens (tertiary/aromatic N) is 3. The van der Waals surface area contributed by atoms with Crippen molar-refractivity contribution >= 4 is 49.6 Å². The molecule has 1 aliphatic heterocycles. The normalized spacial score (nSPS) is 15.7. The summed E-state index contributed by atoms with van der Waals surface area (Å²) < 4.78 is 9.29. The molecular formula is C51H35N4O-. The maximum Gasteiger partial charge on any atom is 0.159 e. The number of fused-ring (bicyclic) bond motifs is 6. The Morgan fingerprint density at radius 3 is 1.91 bits per heavy atom. The highest BCUT2D eigenvalue weighted by atomic mass is 16.3. The molecule has 10 aromatic rings. The van der Waals surface area contributed by atoms with Crippen LogP contribution in [-0.4, -0.2) is 10.4 Å². The zero-order valence-corrected chi connectivity index (χ0v) is 30.4. The van der Waals surface area contributed by atoms with E-state index in [1.165, 1.54) is 10.9 Å². The molecule has 0 fully saturated rings. The van der Waals surface area contributed by atoms with E-state index in [0.29, 0.717) is 0 Å². The van der Waals surface area contributed by atoms with Gasteiger partial charge in [-0.15, -0.1) is 0 Å². The summed E-state index contributed by atoms with van der Waals surface area (Å²) in [5.41, 5.74) is 12.6. The standard InChI is InChI=1S/C51H35N4O/c1-4-15-33(16-5-1)36-21-12-22-37(31-36)50-52-49(35-19-8-3-9-20-35)53-51(54-50)38-29-30-41-40-23-10-11-27-44(40)55(46(41)32-38)45-28-14-26-43-42-25-13-24-39(47(42)56-48(43)45)34-17-6-2-7-18-34/h1-32,49,51H,(H,52,54)/q-1. The zero-order valence-electron chi connectivity index (χ0n) is 30.4. The molecular weight excluding hydrogens is 685 g/mol. The van der Waals surface area contributed by atoms with Crippen LogP contribution in [0.2, 0.25) is 0 Å². The second kappa shape index (κ2) is 13.3. The molecule has 0 radical (unpaired) electrons. The Labute approximate surface area is 324 Å². The average molecular weight is 720 g/mol. The molecule has 0 saturated carbocycles. The summed E-state index contributed by atoms with van der Waals surface area (Å²) in [6.07, 6.45) is -0.720. The van der Waals surface area contributed by atoms with E-state index in [0.717, 1.165) is 83.3 Å². The zero-order chi connectivity index (χ0) is 37.0. The second-order valence-corrected chi connectivity index (χ2v) is 14.3. The van der Waals surface area contributed by atoms with Crippen molar-refractivity contribution in [1.82, 2.24) is 9.88 Å². The van der Waals surface area contributed by atoms with Gasteiger partial charge in [-0.3, -0.25) is 4.99 Å². The van der Waals surface area contributed by atoms with Crippen molar-refractivity contribution < 1.29 is 4.42 Å². The van der Waals surface area contributed by atoms with Gasteiger partial charge < -0.3 is 19.6 Å². The van der Waals surface area contributed by atoms with Crippen LogP contribution in [0.4, 0.5) is 0 Å². The topological polar surface area (TPSA) is 56.6 Å². The van der Waals surface area contributed by atoms with Gasteiger partial charge in [0.25, 0.3) is 0 Å². The highest BCUT2D eigenvalue weighted by Gasteiger charge is 2.22. The van der Waals surface area contributed by atoms with Crippen LogP contribution in [0.15, 0.2) is 204 Å². The Bertz CT molecular complexity index is 3090. The molecule has 3 heterocycles. The van der Waals surface area contributed by atoms with Crippen molar-refractivity contribution in [1.29, 1.82) is 0 Å². The number of amidine groups is 1. The quantitative estimate of drug-likeness (QED) is 0.186. The fraction of sp³-hybridized carbons (Fsp3) is 0.0392. The predicted octanol–water partition coefficient (Wildman–Crippen LogP) is 13.1. The molecule has 2 atom stereocenters. The van der Waals surface area contributed by atoms with Crippen LogP contribution in [0.5, 0.6) is 0 Å². The van der Waals surface area contributed by atoms with Crippen LogP contribution in [0.3, 0.4) is 0 Å². The molecule has 0 spiro atoms. The lowest BCUT2D eigenvalue weighted by atomic mass is 10.0. The monoisotopic (exact) mass is 719 g/mol. The minimum Gasteiger partial charge on any atom is -0.613 e. The number of aliphatic imine (C=N–C) groups is 1. The Kier molecular flexibility index (Phi) is 7.64. The van der Waals surface area contributed by atoms with E-state index in [2.05, 4.69) is 186 Å². The van der Waals surface area contributed by atoms with Crippen molar-refractivity contribution in [2.45, 2.75) is 12.3 Å². The fourth-order valence-electron chi connectivity index (χ4n) is 8.33. The van der Waals surface area contributed by atoms with Gasteiger partial charge in [-0.25, -0.2) is 0 Å². The number of hydrogen-bond acceptors (Lipinski definition) is 3. The maximum absolute atomic E-state index is 6.94. The van der Waals surface area contributed by atoms with Gasteiger partial charge >= 0.3 is 0 Å².